The lowest BCUT2D eigenvalue weighted by molar-refractivity contribution is 0.272. The zero-order valence-corrected chi connectivity index (χ0v) is 14.2. The molecule has 0 aliphatic carbocycles. The first-order chi connectivity index (χ1) is 12.2. The van der Waals surface area contributed by atoms with Gasteiger partial charge >= 0.3 is 0 Å². The minimum Gasteiger partial charge on any atom is -0.329 e. The summed E-state index contributed by atoms with van der Waals surface area (Å²) in [6, 6.07) is 18.8. The fraction of sp³-hybridized carbons (Fsp3) is 0.250. The van der Waals surface area contributed by atoms with Crippen LogP contribution in [0, 0.1) is 5.82 Å². The fourth-order valence-corrected chi connectivity index (χ4v) is 2.80. The highest BCUT2D eigenvalue weighted by Gasteiger charge is 2.09. The molecule has 4 nitrogen and oxygen atoms in total. The summed E-state index contributed by atoms with van der Waals surface area (Å²) in [4.78, 5) is 2.31. The topological polar surface area (TPSA) is 47.1 Å². The molecule has 0 unspecified atom stereocenters. The maximum atomic E-state index is 13.0. The zero-order chi connectivity index (χ0) is 17.5. The number of halogens is 1. The number of hydrogen-bond acceptors (Lipinski definition) is 3. The van der Waals surface area contributed by atoms with Gasteiger partial charge in [-0.25, -0.2) is 9.07 Å². The molecule has 0 aliphatic heterocycles. The van der Waals surface area contributed by atoms with Crippen LogP contribution < -0.4 is 5.73 Å². The van der Waals surface area contributed by atoms with Crippen LogP contribution in [0.25, 0.3) is 5.69 Å². The maximum Gasteiger partial charge on any atom is 0.123 e. The SMILES string of the molecule is NCCN(CCc1ccccc1)Cc1ccn(-c2ccc(F)cc2)n1. The Morgan fingerprint density at radius 3 is 2.44 bits per heavy atom. The van der Waals surface area contributed by atoms with Gasteiger partial charge in [-0.2, -0.15) is 5.10 Å². The number of rotatable bonds is 8. The number of nitrogens with two attached hydrogens (primary N) is 1. The van der Waals surface area contributed by atoms with Crippen molar-refractivity contribution in [2.45, 2.75) is 13.0 Å². The van der Waals surface area contributed by atoms with Gasteiger partial charge < -0.3 is 5.73 Å². The van der Waals surface area contributed by atoms with Crippen molar-refractivity contribution >= 4 is 0 Å². The largest absolute Gasteiger partial charge is 0.329 e. The Bertz CT molecular complexity index is 768. The molecule has 0 saturated carbocycles. The van der Waals surface area contributed by atoms with Crippen LogP contribution in [0.15, 0.2) is 66.9 Å². The number of nitrogens with zero attached hydrogens (tertiary/aromatic N) is 3. The molecule has 0 aliphatic rings. The Balaban J connectivity index is 1.63. The number of hydrogen-bond donors (Lipinski definition) is 1. The predicted octanol–water partition coefficient (Wildman–Crippen LogP) is 3.01. The first-order valence-electron chi connectivity index (χ1n) is 8.51. The molecule has 0 bridgehead atoms. The molecule has 0 atom stereocenters. The van der Waals surface area contributed by atoms with Gasteiger partial charge in [0.1, 0.15) is 5.82 Å². The van der Waals surface area contributed by atoms with E-state index in [2.05, 4.69) is 34.3 Å². The first-order valence-corrected chi connectivity index (χ1v) is 8.51. The van der Waals surface area contributed by atoms with E-state index in [1.165, 1.54) is 17.7 Å². The van der Waals surface area contributed by atoms with Crippen molar-refractivity contribution in [1.82, 2.24) is 14.7 Å². The quantitative estimate of drug-likeness (QED) is 0.687. The first kappa shape index (κ1) is 17.3. The van der Waals surface area contributed by atoms with Crippen LogP contribution in [0.3, 0.4) is 0 Å². The Morgan fingerprint density at radius 2 is 1.72 bits per heavy atom. The minimum absolute atomic E-state index is 0.244. The Morgan fingerprint density at radius 1 is 0.960 bits per heavy atom. The second-order valence-electron chi connectivity index (χ2n) is 6.03. The van der Waals surface area contributed by atoms with Crippen molar-refractivity contribution in [2.75, 3.05) is 19.6 Å². The summed E-state index contributed by atoms with van der Waals surface area (Å²) in [5, 5.41) is 4.60. The van der Waals surface area contributed by atoms with Crippen LogP contribution in [0.1, 0.15) is 11.3 Å². The molecule has 5 heteroatoms. The van der Waals surface area contributed by atoms with E-state index in [0.29, 0.717) is 6.54 Å². The highest BCUT2D eigenvalue weighted by Crippen LogP contribution is 2.11. The summed E-state index contributed by atoms with van der Waals surface area (Å²) in [6.45, 7) is 3.13. The lowest BCUT2D eigenvalue weighted by Crippen LogP contribution is -2.31. The summed E-state index contributed by atoms with van der Waals surface area (Å²) in [6.07, 6.45) is 2.89. The second-order valence-corrected chi connectivity index (χ2v) is 6.03. The molecule has 2 aromatic carbocycles. The lowest BCUT2D eigenvalue weighted by atomic mass is 10.1. The molecule has 0 amide bonds. The van der Waals surface area contributed by atoms with Gasteiger partial charge in [0.05, 0.1) is 11.4 Å². The molecule has 25 heavy (non-hydrogen) atoms. The summed E-state index contributed by atoms with van der Waals surface area (Å²) >= 11 is 0. The van der Waals surface area contributed by atoms with Crippen LogP contribution in [-0.4, -0.2) is 34.3 Å². The number of aromatic nitrogens is 2. The third-order valence-electron chi connectivity index (χ3n) is 4.13. The average Bonchev–Trinajstić information content (AvgIpc) is 3.10. The Hall–Kier alpha value is -2.50. The second kappa shape index (κ2) is 8.55. The fourth-order valence-electron chi connectivity index (χ4n) is 2.80. The third kappa shape index (κ3) is 4.98. The Labute approximate surface area is 147 Å². The van der Waals surface area contributed by atoms with Gasteiger partial charge in [0.15, 0.2) is 0 Å². The van der Waals surface area contributed by atoms with Crippen molar-refractivity contribution in [3.63, 3.8) is 0 Å². The highest BCUT2D eigenvalue weighted by atomic mass is 19.1. The molecule has 2 N–H and O–H groups in total. The molecule has 1 aromatic heterocycles. The minimum atomic E-state index is -0.244. The van der Waals surface area contributed by atoms with Crippen molar-refractivity contribution in [3.8, 4) is 5.69 Å². The van der Waals surface area contributed by atoms with E-state index in [1.54, 1.807) is 16.8 Å². The molecule has 3 rings (SSSR count). The van der Waals surface area contributed by atoms with Gasteiger partial charge in [-0.05, 0) is 42.3 Å². The van der Waals surface area contributed by atoms with Crippen LogP contribution >= 0.6 is 0 Å². The maximum absolute atomic E-state index is 13.0. The van der Waals surface area contributed by atoms with Gasteiger partial charge in [0.25, 0.3) is 0 Å². The van der Waals surface area contributed by atoms with Gasteiger partial charge in [-0.15, -0.1) is 0 Å². The zero-order valence-electron chi connectivity index (χ0n) is 14.2. The van der Waals surface area contributed by atoms with E-state index in [1.807, 2.05) is 18.3 Å². The summed E-state index contributed by atoms with van der Waals surface area (Å²) in [5.41, 5.74) is 8.91. The van der Waals surface area contributed by atoms with Gasteiger partial charge in [0.2, 0.25) is 0 Å². The lowest BCUT2D eigenvalue weighted by Gasteiger charge is -2.20. The molecule has 0 fully saturated rings. The van der Waals surface area contributed by atoms with E-state index < -0.39 is 0 Å². The van der Waals surface area contributed by atoms with Gasteiger partial charge in [-0.3, -0.25) is 4.90 Å². The van der Waals surface area contributed by atoms with E-state index in [-0.39, 0.29) is 5.82 Å². The molecule has 0 spiro atoms. The van der Waals surface area contributed by atoms with Crippen LogP contribution in [-0.2, 0) is 13.0 Å². The molecule has 130 valence electrons. The summed E-state index contributed by atoms with van der Waals surface area (Å²) in [5.74, 6) is -0.244. The van der Waals surface area contributed by atoms with Crippen molar-refractivity contribution < 1.29 is 4.39 Å². The van der Waals surface area contributed by atoms with E-state index in [9.17, 15) is 4.39 Å². The van der Waals surface area contributed by atoms with E-state index in [0.717, 1.165) is 37.4 Å². The van der Waals surface area contributed by atoms with Crippen molar-refractivity contribution in [3.05, 3.63) is 83.9 Å². The molecule has 0 radical (unpaired) electrons. The monoisotopic (exact) mass is 338 g/mol. The number of benzene rings is 2. The summed E-state index contributed by atoms with van der Waals surface area (Å²) in [7, 11) is 0. The van der Waals surface area contributed by atoms with Crippen molar-refractivity contribution in [2.24, 2.45) is 5.73 Å². The summed E-state index contributed by atoms with van der Waals surface area (Å²) < 4.78 is 14.8. The van der Waals surface area contributed by atoms with Crippen LogP contribution in [0.4, 0.5) is 4.39 Å². The third-order valence-corrected chi connectivity index (χ3v) is 4.13. The molecular weight excluding hydrogens is 315 g/mol. The molecule has 3 aromatic rings. The predicted molar refractivity (Wildman–Crippen MR) is 98.0 cm³/mol. The van der Waals surface area contributed by atoms with Crippen LogP contribution in [0.2, 0.25) is 0 Å². The average molecular weight is 338 g/mol. The highest BCUT2D eigenvalue weighted by molar-refractivity contribution is 5.31. The van der Waals surface area contributed by atoms with E-state index in [4.69, 9.17) is 5.73 Å². The van der Waals surface area contributed by atoms with Gasteiger partial charge in [0, 0.05) is 32.4 Å². The molecular formula is C20H23FN4. The Kier molecular flexibility index (Phi) is 5.93. The van der Waals surface area contributed by atoms with Crippen molar-refractivity contribution in [1.29, 1.82) is 0 Å². The standard InChI is InChI=1S/C20H23FN4/c21-18-6-8-20(9-7-18)25-14-11-19(23-25)16-24(15-12-22)13-10-17-4-2-1-3-5-17/h1-9,11,14H,10,12-13,15-16,22H2. The molecule has 0 saturated heterocycles. The van der Waals surface area contributed by atoms with Crippen LogP contribution in [0.5, 0.6) is 0 Å². The van der Waals surface area contributed by atoms with Gasteiger partial charge in [-0.1, -0.05) is 30.3 Å². The normalized spacial score (nSPS) is 11.2. The smallest absolute Gasteiger partial charge is 0.123 e. The molecule has 1 heterocycles. The van der Waals surface area contributed by atoms with E-state index >= 15 is 0 Å².